The Labute approximate surface area is 177 Å². The van der Waals surface area contributed by atoms with Gasteiger partial charge in [-0.3, -0.25) is 19.1 Å². The number of halogens is 11. The van der Waals surface area contributed by atoms with E-state index in [2.05, 4.69) is 4.74 Å². The molecule has 4 N–H and O–H groups in total. The topological polar surface area (TPSA) is 134 Å². The number of ether oxygens (including phenoxy) is 2. The van der Waals surface area contributed by atoms with E-state index < -0.39 is 84.4 Å². The summed E-state index contributed by atoms with van der Waals surface area (Å²) in [7, 11) is 0. The van der Waals surface area contributed by atoms with E-state index in [1.54, 1.807) is 0 Å². The summed E-state index contributed by atoms with van der Waals surface area (Å²) < 4.78 is 151. The van der Waals surface area contributed by atoms with Gasteiger partial charge in [0.05, 0.1) is 6.61 Å². The van der Waals surface area contributed by atoms with Crippen LogP contribution in [0, 0.1) is 0 Å². The summed E-state index contributed by atoms with van der Waals surface area (Å²) in [5.41, 5.74) is -7.19. The van der Waals surface area contributed by atoms with Gasteiger partial charge in [-0.15, -0.1) is 0 Å². The number of rotatable bonds is 6. The number of alkyl halides is 11. The van der Waals surface area contributed by atoms with Crippen LogP contribution in [0.3, 0.4) is 0 Å². The molecular weight excluding hydrogens is 517 g/mol. The molecule has 196 valence electrons. The smallest absolute Gasteiger partial charge is 0.394 e. The molecule has 0 radical (unpaired) electrons. The molecular formula is C14H11F11N2O7. The van der Waals surface area contributed by atoms with Crippen molar-refractivity contribution in [3.05, 3.63) is 32.6 Å². The Kier molecular flexibility index (Phi) is 6.93. The van der Waals surface area contributed by atoms with Crippen LogP contribution in [-0.2, 0) is 15.3 Å². The maximum atomic E-state index is 14.8. The minimum absolute atomic E-state index is 0.343. The summed E-state index contributed by atoms with van der Waals surface area (Å²) in [5, 5.41) is 28.4. The van der Waals surface area contributed by atoms with Gasteiger partial charge in [0, 0.05) is 6.20 Å². The zero-order valence-electron chi connectivity index (χ0n) is 15.7. The van der Waals surface area contributed by atoms with Crippen LogP contribution in [0.25, 0.3) is 0 Å². The van der Waals surface area contributed by atoms with Crippen molar-refractivity contribution in [2.75, 3.05) is 6.61 Å². The highest BCUT2D eigenvalue weighted by atomic mass is 19.4. The highest BCUT2D eigenvalue weighted by Crippen LogP contribution is 2.53. The zero-order chi connectivity index (χ0) is 26.7. The van der Waals surface area contributed by atoms with E-state index in [1.165, 1.54) is 0 Å². The molecule has 1 aromatic heterocycles. The van der Waals surface area contributed by atoms with E-state index in [0.29, 0.717) is 0 Å². The number of nitrogens with zero attached hydrogens (tertiary/aromatic N) is 1. The van der Waals surface area contributed by atoms with Crippen molar-refractivity contribution in [2.45, 2.75) is 54.8 Å². The molecule has 0 saturated carbocycles. The van der Waals surface area contributed by atoms with Gasteiger partial charge >= 0.3 is 35.9 Å². The minimum atomic E-state index is -7.40. The van der Waals surface area contributed by atoms with Gasteiger partial charge in [0.25, 0.3) is 5.56 Å². The Morgan fingerprint density at radius 3 is 1.88 bits per heavy atom. The maximum Gasteiger partial charge on any atom is 0.462 e. The van der Waals surface area contributed by atoms with Gasteiger partial charge in [0.1, 0.15) is 23.9 Å². The van der Waals surface area contributed by atoms with E-state index in [9.17, 15) is 68.1 Å². The molecule has 0 bridgehead atoms. The average Bonchev–Trinajstić information content (AvgIpc) is 2.94. The van der Waals surface area contributed by atoms with Gasteiger partial charge in [-0.1, -0.05) is 0 Å². The predicted molar refractivity (Wildman–Crippen MR) is 80.2 cm³/mol. The molecule has 1 aliphatic rings. The van der Waals surface area contributed by atoms with Crippen LogP contribution in [0.15, 0.2) is 15.8 Å². The lowest BCUT2D eigenvalue weighted by molar-refractivity contribution is -0.488. The lowest BCUT2D eigenvalue weighted by Gasteiger charge is -2.35. The van der Waals surface area contributed by atoms with Gasteiger partial charge < -0.3 is 20.1 Å². The van der Waals surface area contributed by atoms with E-state index in [1.807, 2.05) is 0 Å². The van der Waals surface area contributed by atoms with Gasteiger partial charge in [-0.25, -0.2) is 4.79 Å². The summed E-state index contributed by atoms with van der Waals surface area (Å²) in [5.74, 6) is -13.8. The van der Waals surface area contributed by atoms with Crippen molar-refractivity contribution in [3.63, 3.8) is 0 Å². The van der Waals surface area contributed by atoms with Gasteiger partial charge in [-0.05, 0) is 0 Å². The molecule has 1 aromatic rings. The summed E-state index contributed by atoms with van der Waals surface area (Å²) in [4.78, 5) is 24.6. The fourth-order valence-electron chi connectivity index (χ4n) is 2.68. The number of hydrogen-bond donors (Lipinski definition) is 4. The van der Waals surface area contributed by atoms with Crippen LogP contribution in [0.1, 0.15) is 11.8 Å². The first-order chi connectivity index (χ1) is 15.1. The molecule has 0 spiro atoms. The predicted octanol–water partition coefficient (Wildman–Crippen LogP) is 0.640. The monoisotopic (exact) mass is 528 g/mol. The van der Waals surface area contributed by atoms with Crippen LogP contribution in [-0.4, -0.2) is 74.2 Å². The minimum Gasteiger partial charge on any atom is -0.394 e. The molecule has 0 amide bonds. The van der Waals surface area contributed by atoms with Crippen molar-refractivity contribution < 1.29 is 73.1 Å². The quantitative estimate of drug-likeness (QED) is 0.399. The van der Waals surface area contributed by atoms with Crippen LogP contribution < -0.4 is 11.2 Å². The van der Waals surface area contributed by atoms with Crippen LogP contribution in [0.5, 0.6) is 0 Å². The molecule has 20 heteroatoms. The average molecular weight is 528 g/mol. The highest BCUT2D eigenvalue weighted by molar-refractivity contribution is 5.16. The SMILES string of the molecule is O=c1[nH]c(=O)n(C2OC(CO)C(O)C2O)cc1C(F)(OC(F)(F)C(F)(F)C(F)(F)F)C(F)(F)F. The fraction of sp³-hybridized carbons (Fsp3) is 0.714. The molecule has 2 heterocycles. The summed E-state index contributed by atoms with van der Waals surface area (Å²) >= 11 is 0. The second kappa shape index (κ2) is 8.43. The second-order valence-corrected chi connectivity index (χ2v) is 6.72. The van der Waals surface area contributed by atoms with Crippen LogP contribution in [0.2, 0.25) is 0 Å². The third-order valence-electron chi connectivity index (χ3n) is 4.46. The number of hydrogen-bond acceptors (Lipinski definition) is 7. The molecule has 5 atom stereocenters. The number of aliphatic hydroxyl groups excluding tert-OH is 3. The Balaban J connectivity index is 2.71. The van der Waals surface area contributed by atoms with Crippen LogP contribution >= 0.6 is 0 Å². The summed E-state index contributed by atoms with van der Waals surface area (Å²) in [6.07, 6.45) is -30.4. The molecule has 0 aromatic carbocycles. The Hall–Kier alpha value is -2.29. The number of aliphatic hydroxyl groups is 3. The first kappa shape index (κ1) is 28.0. The lowest BCUT2D eigenvalue weighted by atomic mass is 10.1. The summed E-state index contributed by atoms with van der Waals surface area (Å²) in [6, 6.07) is 0. The molecule has 2 rings (SSSR count). The fourth-order valence-corrected chi connectivity index (χ4v) is 2.68. The standard InChI is InChI=1S/C14H11F11N2O7/c15-10(12(18,19)20,34-14(24,25)11(16,17)13(21,22)23)3-1-27(9(32)26-7(3)31)8-6(30)5(29)4(2-28)33-8/h1,4-6,8,28-30H,2H2,(H,26,31,32). The van der Waals surface area contributed by atoms with E-state index in [-0.39, 0.29) is 4.57 Å². The van der Waals surface area contributed by atoms with E-state index in [4.69, 9.17) is 9.84 Å². The van der Waals surface area contributed by atoms with Crippen molar-refractivity contribution in [3.8, 4) is 0 Å². The van der Waals surface area contributed by atoms with Gasteiger partial charge in [0.15, 0.2) is 6.23 Å². The molecule has 9 nitrogen and oxygen atoms in total. The van der Waals surface area contributed by atoms with Crippen LogP contribution in [0.4, 0.5) is 48.3 Å². The first-order valence-corrected chi connectivity index (χ1v) is 8.39. The molecule has 1 fully saturated rings. The Morgan fingerprint density at radius 2 is 1.47 bits per heavy atom. The van der Waals surface area contributed by atoms with Crippen molar-refractivity contribution in [2.24, 2.45) is 0 Å². The molecule has 34 heavy (non-hydrogen) atoms. The number of H-pyrrole nitrogens is 1. The second-order valence-electron chi connectivity index (χ2n) is 6.72. The number of aromatic nitrogens is 2. The van der Waals surface area contributed by atoms with Crippen molar-refractivity contribution >= 4 is 0 Å². The van der Waals surface area contributed by atoms with Gasteiger partial charge in [0.2, 0.25) is 0 Å². The number of nitrogens with one attached hydrogen (secondary N) is 1. The van der Waals surface area contributed by atoms with Gasteiger partial charge in [-0.2, -0.15) is 48.3 Å². The zero-order valence-corrected chi connectivity index (χ0v) is 15.7. The molecule has 1 saturated heterocycles. The summed E-state index contributed by atoms with van der Waals surface area (Å²) in [6.45, 7) is -1.07. The Bertz CT molecular complexity index is 1020. The third kappa shape index (κ3) is 4.39. The first-order valence-electron chi connectivity index (χ1n) is 8.39. The van der Waals surface area contributed by atoms with E-state index >= 15 is 0 Å². The molecule has 1 aliphatic heterocycles. The maximum absolute atomic E-state index is 14.8. The Morgan fingerprint density at radius 1 is 0.941 bits per heavy atom. The highest BCUT2D eigenvalue weighted by Gasteiger charge is 2.78. The normalized spacial score (nSPS) is 26.5. The lowest BCUT2D eigenvalue weighted by Crippen LogP contribution is -2.59. The van der Waals surface area contributed by atoms with Crippen molar-refractivity contribution in [1.82, 2.24) is 9.55 Å². The van der Waals surface area contributed by atoms with Crippen molar-refractivity contribution in [1.29, 1.82) is 0 Å². The number of aromatic amines is 1. The third-order valence-corrected chi connectivity index (χ3v) is 4.46. The molecule has 5 unspecified atom stereocenters. The largest absolute Gasteiger partial charge is 0.462 e. The molecule has 0 aliphatic carbocycles. The van der Waals surface area contributed by atoms with E-state index in [0.717, 1.165) is 4.98 Å².